The molecular weight excluding hydrogens is 236 g/mol. The quantitative estimate of drug-likeness (QED) is 0.221. The molecule has 106 valence electrons. The van der Waals surface area contributed by atoms with Gasteiger partial charge in [-0.3, -0.25) is 10.4 Å². The number of hydrogen-bond donors (Lipinski definition) is 3. The molecular formula is C15H26N4. The molecule has 0 heterocycles. The Balaban J connectivity index is 2.21. The zero-order chi connectivity index (χ0) is 13.8. The van der Waals surface area contributed by atoms with Crippen molar-refractivity contribution < 1.29 is 0 Å². The highest BCUT2D eigenvalue weighted by atomic mass is 15.3. The second-order valence-corrected chi connectivity index (χ2v) is 4.63. The van der Waals surface area contributed by atoms with E-state index in [0.29, 0.717) is 5.96 Å². The first-order chi connectivity index (χ1) is 9.36. The predicted octanol–water partition coefficient (Wildman–Crippen LogP) is 3.28. The summed E-state index contributed by atoms with van der Waals surface area (Å²) in [5.74, 6) is 6.08. The van der Waals surface area contributed by atoms with Crippen LogP contribution in [0.1, 0.15) is 45.4 Å². The number of nitrogens with two attached hydrogens (primary N) is 1. The molecule has 0 unspecified atom stereocenters. The average Bonchev–Trinajstić information content (AvgIpc) is 2.46. The maximum Gasteiger partial charge on any atom is 0.210 e. The molecule has 0 saturated heterocycles. The monoisotopic (exact) mass is 262 g/mol. The van der Waals surface area contributed by atoms with E-state index in [2.05, 4.69) is 22.7 Å². The van der Waals surface area contributed by atoms with E-state index in [1.807, 2.05) is 30.3 Å². The molecule has 4 nitrogen and oxygen atoms in total. The van der Waals surface area contributed by atoms with Crippen LogP contribution in [0.25, 0.3) is 0 Å². The van der Waals surface area contributed by atoms with Crippen molar-refractivity contribution in [2.24, 2.45) is 10.8 Å². The first kappa shape index (κ1) is 15.5. The van der Waals surface area contributed by atoms with Crippen LogP contribution in [0.15, 0.2) is 35.3 Å². The number of guanidine groups is 1. The number of para-hydroxylation sites is 1. The van der Waals surface area contributed by atoms with Gasteiger partial charge in [-0.25, -0.2) is 5.84 Å². The fourth-order valence-corrected chi connectivity index (χ4v) is 1.86. The van der Waals surface area contributed by atoms with Crippen LogP contribution >= 0.6 is 0 Å². The lowest BCUT2D eigenvalue weighted by Crippen LogP contribution is -2.36. The summed E-state index contributed by atoms with van der Waals surface area (Å²) in [6.45, 7) is 3.05. The van der Waals surface area contributed by atoms with Crippen molar-refractivity contribution in [3.05, 3.63) is 30.3 Å². The predicted molar refractivity (Wildman–Crippen MR) is 83.1 cm³/mol. The Bertz CT molecular complexity index is 348. The summed E-state index contributed by atoms with van der Waals surface area (Å²) in [6.07, 6.45) is 7.64. The van der Waals surface area contributed by atoms with Crippen molar-refractivity contribution in [1.82, 2.24) is 5.43 Å². The minimum atomic E-state index is 0.625. The maximum atomic E-state index is 5.46. The molecule has 19 heavy (non-hydrogen) atoms. The van der Waals surface area contributed by atoms with E-state index >= 15 is 0 Å². The van der Waals surface area contributed by atoms with Gasteiger partial charge in [0.05, 0.1) is 0 Å². The second-order valence-electron chi connectivity index (χ2n) is 4.63. The van der Waals surface area contributed by atoms with Crippen LogP contribution in [0.3, 0.4) is 0 Å². The number of hydrogen-bond acceptors (Lipinski definition) is 2. The number of rotatable bonds is 8. The number of unbranched alkanes of at least 4 members (excludes halogenated alkanes) is 5. The molecule has 0 aliphatic carbocycles. The van der Waals surface area contributed by atoms with E-state index in [-0.39, 0.29) is 0 Å². The summed E-state index contributed by atoms with van der Waals surface area (Å²) in [5.41, 5.74) is 3.59. The fourth-order valence-electron chi connectivity index (χ4n) is 1.86. The molecule has 1 aromatic carbocycles. The number of benzene rings is 1. The van der Waals surface area contributed by atoms with E-state index in [1.165, 1.54) is 32.1 Å². The number of aliphatic imine (C=N–C) groups is 1. The highest BCUT2D eigenvalue weighted by molar-refractivity contribution is 5.93. The van der Waals surface area contributed by atoms with Gasteiger partial charge in [0.2, 0.25) is 5.96 Å². The van der Waals surface area contributed by atoms with Gasteiger partial charge in [0.1, 0.15) is 0 Å². The van der Waals surface area contributed by atoms with Gasteiger partial charge in [0, 0.05) is 12.2 Å². The van der Waals surface area contributed by atoms with Gasteiger partial charge in [0.25, 0.3) is 0 Å². The molecule has 0 saturated carbocycles. The van der Waals surface area contributed by atoms with Crippen molar-refractivity contribution in [3.63, 3.8) is 0 Å². The Morgan fingerprint density at radius 2 is 1.74 bits per heavy atom. The Kier molecular flexibility index (Phi) is 8.47. The normalized spacial score (nSPS) is 11.4. The topological polar surface area (TPSA) is 62.4 Å². The van der Waals surface area contributed by atoms with Crippen LogP contribution in [0.4, 0.5) is 5.69 Å². The third-order valence-electron chi connectivity index (χ3n) is 2.95. The molecule has 4 N–H and O–H groups in total. The molecule has 1 aromatic rings. The van der Waals surface area contributed by atoms with E-state index in [0.717, 1.165) is 18.7 Å². The molecule has 0 aromatic heterocycles. The largest absolute Gasteiger partial charge is 0.325 e. The number of anilines is 1. The Morgan fingerprint density at radius 1 is 1.05 bits per heavy atom. The van der Waals surface area contributed by atoms with Crippen molar-refractivity contribution in [2.75, 3.05) is 11.9 Å². The number of nitrogens with one attached hydrogen (secondary N) is 2. The lowest BCUT2D eigenvalue weighted by atomic mass is 10.1. The van der Waals surface area contributed by atoms with Crippen LogP contribution in [-0.2, 0) is 0 Å². The van der Waals surface area contributed by atoms with Crippen LogP contribution < -0.4 is 16.6 Å². The van der Waals surface area contributed by atoms with Crippen molar-refractivity contribution >= 4 is 11.6 Å². The molecule has 0 bridgehead atoms. The zero-order valence-electron chi connectivity index (χ0n) is 11.9. The number of nitrogens with zero attached hydrogens (tertiary/aromatic N) is 1. The standard InChI is InChI=1S/C15H26N4/c1-2-3-4-5-6-10-13-17-15(19-16)18-14-11-8-7-9-12-14/h7-9,11-12H,2-6,10,13,16H2,1H3,(H2,17,18,19). The van der Waals surface area contributed by atoms with E-state index in [4.69, 9.17) is 5.84 Å². The summed E-state index contributed by atoms with van der Waals surface area (Å²) in [5, 5.41) is 3.15. The van der Waals surface area contributed by atoms with Gasteiger partial charge in [-0.1, -0.05) is 57.2 Å². The molecule has 0 radical (unpaired) electrons. The number of hydrazine groups is 1. The Hall–Kier alpha value is -1.55. The lowest BCUT2D eigenvalue weighted by Gasteiger charge is -2.08. The molecule has 0 aliphatic rings. The molecule has 0 aliphatic heterocycles. The highest BCUT2D eigenvalue weighted by Crippen LogP contribution is 2.06. The van der Waals surface area contributed by atoms with Crippen LogP contribution in [0, 0.1) is 0 Å². The summed E-state index contributed by atoms with van der Waals surface area (Å²) in [6, 6.07) is 9.90. The SMILES string of the molecule is CCCCCCCCN=C(NN)Nc1ccccc1. The minimum Gasteiger partial charge on any atom is -0.325 e. The molecule has 0 atom stereocenters. The first-order valence-electron chi connectivity index (χ1n) is 7.20. The smallest absolute Gasteiger partial charge is 0.210 e. The van der Waals surface area contributed by atoms with Gasteiger partial charge in [-0.05, 0) is 18.6 Å². The average molecular weight is 262 g/mol. The van der Waals surface area contributed by atoms with Gasteiger partial charge in [-0.2, -0.15) is 0 Å². The van der Waals surface area contributed by atoms with Gasteiger partial charge in [0.15, 0.2) is 0 Å². The second kappa shape index (κ2) is 10.4. The van der Waals surface area contributed by atoms with E-state index < -0.39 is 0 Å². The molecule has 4 heteroatoms. The maximum absolute atomic E-state index is 5.46. The molecule has 1 rings (SSSR count). The lowest BCUT2D eigenvalue weighted by molar-refractivity contribution is 0.612. The Labute approximate surface area is 116 Å². The molecule has 0 spiro atoms. The summed E-state index contributed by atoms with van der Waals surface area (Å²) in [7, 11) is 0. The molecule has 0 amide bonds. The highest BCUT2D eigenvalue weighted by Gasteiger charge is 1.96. The fraction of sp³-hybridized carbons (Fsp3) is 0.533. The zero-order valence-corrected chi connectivity index (χ0v) is 11.9. The van der Waals surface area contributed by atoms with E-state index in [9.17, 15) is 0 Å². The van der Waals surface area contributed by atoms with Crippen LogP contribution in [-0.4, -0.2) is 12.5 Å². The summed E-state index contributed by atoms with van der Waals surface area (Å²) >= 11 is 0. The minimum absolute atomic E-state index is 0.625. The van der Waals surface area contributed by atoms with Gasteiger partial charge in [-0.15, -0.1) is 0 Å². The molecule has 0 fully saturated rings. The van der Waals surface area contributed by atoms with Crippen molar-refractivity contribution in [1.29, 1.82) is 0 Å². The van der Waals surface area contributed by atoms with Gasteiger partial charge >= 0.3 is 0 Å². The summed E-state index contributed by atoms with van der Waals surface area (Å²) < 4.78 is 0. The van der Waals surface area contributed by atoms with Gasteiger partial charge < -0.3 is 5.32 Å². The van der Waals surface area contributed by atoms with E-state index in [1.54, 1.807) is 0 Å². The summed E-state index contributed by atoms with van der Waals surface area (Å²) in [4.78, 5) is 4.42. The third-order valence-corrected chi connectivity index (χ3v) is 2.95. The third kappa shape index (κ3) is 7.47. The van der Waals surface area contributed by atoms with Crippen LogP contribution in [0.5, 0.6) is 0 Å². The first-order valence-corrected chi connectivity index (χ1v) is 7.20. The van der Waals surface area contributed by atoms with Crippen molar-refractivity contribution in [3.8, 4) is 0 Å². The van der Waals surface area contributed by atoms with Crippen molar-refractivity contribution in [2.45, 2.75) is 45.4 Å². The van der Waals surface area contributed by atoms with Crippen LogP contribution in [0.2, 0.25) is 0 Å². The Morgan fingerprint density at radius 3 is 2.42 bits per heavy atom.